The Kier molecular flexibility index (Phi) is 9.08. The number of nitrogens with one attached hydrogen (secondary N) is 1. The van der Waals surface area contributed by atoms with Crippen LogP contribution in [0.25, 0.3) is 0 Å². The number of nitrogens with zero attached hydrogens (tertiary/aromatic N) is 2. The monoisotopic (exact) mass is 410 g/mol. The standard InChI is InChI=1S/C19H22N4O2.2ClH/c20-17-9-5-4-8-16(17)19(25)23-12-10-22(11-13-23)14-18(24)21-15-6-2-1-3-7-15;;/h1-9H,10-14,20H2,(H,21,24);2*1H. The molecule has 0 aromatic heterocycles. The number of nitrogens with two attached hydrogens (primary N) is 1. The van der Waals surface area contributed by atoms with Crippen molar-refractivity contribution in [1.29, 1.82) is 0 Å². The van der Waals surface area contributed by atoms with Crippen LogP contribution in [0.1, 0.15) is 10.4 Å². The van der Waals surface area contributed by atoms with Gasteiger partial charge in [-0.3, -0.25) is 14.5 Å². The number of rotatable bonds is 4. The highest BCUT2D eigenvalue weighted by atomic mass is 35.5. The third-order valence-electron chi connectivity index (χ3n) is 4.28. The highest BCUT2D eigenvalue weighted by molar-refractivity contribution is 5.99. The number of halogens is 2. The Balaban J connectivity index is 0.00000182. The number of hydrogen-bond acceptors (Lipinski definition) is 4. The number of benzene rings is 2. The molecule has 8 heteroatoms. The van der Waals surface area contributed by atoms with E-state index >= 15 is 0 Å². The molecule has 3 rings (SSSR count). The van der Waals surface area contributed by atoms with Crippen LogP contribution in [0.4, 0.5) is 11.4 Å². The van der Waals surface area contributed by atoms with Crippen molar-refractivity contribution in [2.24, 2.45) is 0 Å². The SMILES string of the molecule is Cl.Cl.Nc1ccccc1C(=O)N1CCN(CC(=O)Nc2ccccc2)CC1. The average molecular weight is 411 g/mol. The average Bonchev–Trinajstić information content (AvgIpc) is 2.63. The van der Waals surface area contributed by atoms with Gasteiger partial charge in [0.15, 0.2) is 0 Å². The van der Waals surface area contributed by atoms with Gasteiger partial charge in [0.1, 0.15) is 0 Å². The quantitative estimate of drug-likeness (QED) is 0.758. The normalized spacial score (nSPS) is 13.9. The summed E-state index contributed by atoms with van der Waals surface area (Å²) >= 11 is 0. The fourth-order valence-corrected chi connectivity index (χ4v) is 2.90. The lowest BCUT2D eigenvalue weighted by atomic mass is 10.1. The summed E-state index contributed by atoms with van der Waals surface area (Å²) in [6.45, 7) is 2.84. The number of amides is 2. The Morgan fingerprint density at radius 3 is 2.11 bits per heavy atom. The van der Waals surface area contributed by atoms with Gasteiger partial charge in [-0.15, -0.1) is 24.8 Å². The molecule has 2 amide bonds. The lowest BCUT2D eigenvalue weighted by Crippen LogP contribution is -2.50. The van der Waals surface area contributed by atoms with E-state index in [1.54, 1.807) is 17.0 Å². The van der Waals surface area contributed by atoms with Crippen LogP contribution in [0.15, 0.2) is 54.6 Å². The van der Waals surface area contributed by atoms with E-state index in [4.69, 9.17) is 5.73 Å². The number of nitrogen functional groups attached to an aromatic ring is 1. The van der Waals surface area contributed by atoms with Crippen molar-refractivity contribution in [2.45, 2.75) is 0 Å². The molecule has 0 bridgehead atoms. The zero-order valence-electron chi connectivity index (χ0n) is 14.8. The zero-order valence-corrected chi connectivity index (χ0v) is 16.5. The molecule has 1 heterocycles. The summed E-state index contributed by atoms with van der Waals surface area (Å²) in [5.74, 6) is -0.0928. The molecule has 146 valence electrons. The summed E-state index contributed by atoms with van der Waals surface area (Å²) in [4.78, 5) is 28.5. The van der Waals surface area contributed by atoms with Crippen LogP contribution in [0.3, 0.4) is 0 Å². The van der Waals surface area contributed by atoms with Crippen LogP contribution in [0.5, 0.6) is 0 Å². The molecule has 0 aliphatic carbocycles. The summed E-state index contributed by atoms with van der Waals surface area (Å²) in [5, 5.41) is 2.88. The molecule has 0 unspecified atom stereocenters. The van der Waals surface area contributed by atoms with Crippen molar-refractivity contribution in [3.8, 4) is 0 Å². The first-order valence-electron chi connectivity index (χ1n) is 8.34. The smallest absolute Gasteiger partial charge is 0.256 e. The number of hydrogen-bond donors (Lipinski definition) is 2. The highest BCUT2D eigenvalue weighted by Gasteiger charge is 2.24. The maximum Gasteiger partial charge on any atom is 0.256 e. The van der Waals surface area contributed by atoms with E-state index < -0.39 is 0 Å². The van der Waals surface area contributed by atoms with Gasteiger partial charge in [-0.05, 0) is 24.3 Å². The first-order chi connectivity index (χ1) is 12.1. The number of carbonyl (C=O) groups excluding carboxylic acids is 2. The molecule has 2 aromatic carbocycles. The molecule has 1 aliphatic rings. The third kappa shape index (κ3) is 6.13. The van der Waals surface area contributed by atoms with E-state index in [1.165, 1.54) is 0 Å². The van der Waals surface area contributed by atoms with E-state index in [1.807, 2.05) is 42.5 Å². The molecule has 6 nitrogen and oxygen atoms in total. The lowest BCUT2D eigenvalue weighted by Gasteiger charge is -2.34. The molecular formula is C19H24Cl2N4O2. The number of piperazine rings is 1. The van der Waals surface area contributed by atoms with Gasteiger partial charge in [0.25, 0.3) is 5.91 Å². The van der Waals surface area contributed by atoms with Crippen LogP contribution in [0, 0.1) is 0 Å². The van der Waals surface area contributed by atoms with Crippen molar-refractivity contribution in [2.75, 3.05) is 43.8 Å². The Morgan fingerprint density at radius 2 is 1.48 bits per heavy atom. The van der Waals surface area contributed by atoms with Crippen LogP contribution in [-0.4, -0.2) is 54.3 Å². The van der Waals surface area contributed by atoms with Crippen molar-refractivity contribution in [1.82, 2.24) is 9.80 Å². The molecule has 0 saturated carbocycles. The molecule has 0 radical (unpaired) electrons. The van der Waals surface area contributed by atoms with Gasteiger partial charge in [-0.1, -0.05) is 30.3 Å². The fraction of sp³-hybridized carbons (Fsp3) is 0.263. The first kappa shape index (κ1) is 22.8. The minimum Gasteiger partial charge on any atom is -0.398 e. The van der Waals surface area contributed by atoms with E-state index in [0.717, 1.165) is 5.69 Å². The second-order valence-corrected chi connectivity index (χ2v) is 6.07. The van der Waals surface area contributed by atoms with E-state index in [0.29, 0.717) is 44.0 Å². The van der Waals surface area contributed by atoms with E-state index in [2.05, 4.69) is 10.2 Å². The predicted octanol–water partition coefficient (Wildman–Crippen LogP) is 2.51. The van der Waals surface area contributed by atoms with Crippen molar-refractivity contribution in [3.05, 3.63) is 60.2 Å². The molecule has 0 spiro atoms. The zero-order chi connectivity index (χ0) is 17.6. The minimum atomic E-state index is -0.0495. The van der Waals surface area contributed by atoms with Gasteiger partial charge in [-0.25, -0.2) is 0 Å². The van der Waals surface area contributed by atoms with Crippen molar-refractivity contribution < 1.29 is 9.59 Å². The molecule has 1 aliphatic heterocycles. The number of carbonyl (C=O) groups is 2. The van der Waals surface area contributed by atoms with Gasteiger partial charge >= 0.3 is 0 Å². The van der Waals surface area contributed by atoms with Gasteiger partial charge in [0.05, 0.1) is 12.1 Å². The van der Waals surface area contributed by atoms with Crippen LogP contribution in [-0.2, 0) is 4.79 Å². The Labute approximate surface area is 171 Å². The van der Waals surface area contributed by atoms with E-state index in [9.17, 15) is 9.59 Å². The van der Waals surface area contributed by atoms with E-state index in [-0.39, 0.29) is 36.6 Å². The van der Waals surface area contributed by atoms with Crippen LogP contribution in [0.2, 0.25) is 0 Å². The summed E-state index contributed by atoms with van der Waals surface area (Å²) in [5.41, 5.74) is 7.71. The number of para-hydroxylation sites is 2. The summed E-state index contributed by atoms with van der Waals surface area (Å²) in [7, 11) is 0. The van der Waals surface area contributed by atoms with Gasteiger partial charge in [0, 0.05) is 37.6 Å². The lowest BCUT2D eigenvalue weighted by molar-refractivity contribution is -0.117. The molecule has 3 N–H and O–H groups in total. The Morgan fingerprint density at radius 1 is 0.889 bits per heavy atom. The summed E-state index contributed by atoms with van der Waals surface area (Å²) < 4.78 is 0. The maximum atomic E-state index is 12.5. The largest absolute Gasteiger partial charge is 0.398 e. The van der Waals surface area contributed by atoms with Crippen LogP contribution < -0.4 is 11.1 Å². The molecular weight excluding hydrogens is 387 g/mol. The summed E-state index contributed by atoms with van der Waals surface area (Å²) in [6, 6.07) is 16.5. The number of anilines is 2. The molecule has 0 atom stereocenters. The molecule has 2 aromatic rings. The van der Waals surface area contributed by atoms with Gasteiger partial charge in [-0.2, -0.15) is 0 Å². The highest BCUT2D eigenvalue weighted by Crippen LogP contribution is 2.15. The first-order valence-corrected chi connectivity index (χ1v) is 8.34. The summed E-state index contributed by atoms with van der Waals surface area (Å²) in [6.07, 6.45) is 0. The molecule has 1 saturated heterocycles. The molecule has 1 fully saturated rings. The van der Waals surface area contributed by atoms with Crippen LogP contribution >= 0.6 is 24.8 Å². The Hall–Kier alpha value is -2.28. The van der Waals surface area contributed by atoms with Crippen molar-refractivity contribution >= 4 is 48.0 Å². The Bertz CT molecular complexity index is 750. The fourth-order valence-electron chi connectivity index (χ4n) is 2.90. The van der Waals surface area contributed by atoms with Gasteiger partial charge in [0.2, 0.25) is 5.91 Å². The topological polar surface area (TPSA) is 78.7 Å². The second kappa shape index (κ2) is 10.8. The third-order valence-corrected chi connectivity index (χ3v) is 4.28. The van der Waals surface area contributed by atoms with Gasteiger partial charge < -0.3 is 16.0 Å². The molecule has 27 heavy (non-hydrogen) atoms. The predicted molar refractivity (Wildman–Crippen MR) is 113 cm³/mol. The second-order valence-electron chi connectivity index (χ2n) is 6.07. The maximum absolute atomic E-state index is 12.5. The van der Waals surface area contributed by atoms with Crippen molar-refractivity contribution in [3.63, 3.8) is 0 Å². The minimum absolute atomic E-state index is 0.